The van der Waals surface area contributed by atoms with Crippen LogP contribution in [0, 0.1) is 30.5 Å². The van der Waals surface area contributed by atoms with E-state index in [-0.39, 0.29) is 51.5 Å². The monoisotopic (exact) mass is 603 g/mol. The molecule has 1 N–H and O–H groups in total. The summed E-state index contributed by atoms with van der Waals surface area (Å²) in [6.45, 7) is 1.87. The van der Waals surface area contributed by atoms with Crippen molar-refractivity contribution in [2.45, 2.75) is 43.5 Å². The predicted octanol–water partition coefficient (Wildman–Crippen LogP) is 4.45. The fourth-order valence-corrected chi connectivity index (χ4v) is 8.11. The maximum absolute atomic E-state index is 14.6. The molecule has 43 heavy (non-hydrogen) atoms. The van der Waals surface area contributed by atoms with Crippen LogP contribution in [0.3, 0.4) is 0 Å². The number of nitrogens with one attached hydrogen (secondary N) is 1. The molecular formula is C30H30FN7O4S. The second-order valence-corrected chi connectivity index (χ2v) is 13.3. The van der Waals surface area contributed by atoms with Crippen molar-refractivity contribution in [3.63, 3.8) is 0 Å². The molecule has 4 heterocycles. The molecule has 8 rings (SSSR count). The molecule has 222 valence electrons. The van der Waals surface area contributed by atoms with Crippen molar-refractivity contribution in [3.05, 3.63) is 60.3 Å². The van der Waals surface area contributed by atoms with Crippen LogP contribution in [0.2, 0.25) is 0 Å². The number of fused-ring (bicyclic) bond motifs is 5. The zero-order chi connectivity index (χ0) is 30.0. The summed E-state index contributed by atoms with van der Waals surface area (Å²) in [4.78, 5) is 26.7. The lowest BCUT2D eigenvalue weighted by molar-refractivity contribution is -0.152. The smallest absolute Gasteiger partial charge is 0.311 e. The van der Waals surface area contributed by atoms with E-state index in [4.69, 9.17) is 14.7 Å². The predicted molar refractivity (Wildman–Crippen MR) is 157 cm³/mol. The van der Waals surface area contributed by atoms with Crippen molar-refractivity contribution in [3.8, 4) is 11.4 Å². The maximum Gasteiger partial charge on any atom is 0.311 e. The third kappa shape index (κ3) is 4.44. The van der Waals surface area contributed by atoms with Gasteiger partial charge in [-0.1, -0.05) is 17.7 Å². The highest BCUT2D eigenvalue weighted by Gasteiger charge is 2.48. The van der Waals surface area contributed by atoms with Crippen molar-refractivity contribution in [2.24, 2.45) is 24.8 Å². The normalized spacial score (nSPS) is 21.9. The van der Waals surface area contributed by atoms with Crippen LogP contribution < -0.4 is 5.32 Å². The van der Waals surface area contributed by atoms with Gasteiger partial charge in [-0.25, -0.2) is 31.7 Å². The summed E-state index contributed by atoms with van der Waals surface area (Å²) in [7, 11) is -0.930. The van der Waals surface area contributed by atoms with Gasteiger partial charge in [0.1, 0.15) is 11.6 Å². The average molecular weight is 604 g/mol. The topological polar surface area (TPSA) is 134 Å². The van der Waals surface area contributed by atoms with Gasteiger partial charge in [-0.3, -0.25) is 9.48 Å². The second kappa shape index (κ2) is 10.1. The molecule has 11 nitrogen and oxygen atoms in total. The van der Waals surface area contributed by atoms with E-state index in [0.717, 1.165) is 41.4 Å². The lowest BCUT2D eigenvalue weighted by Gasteiger charge is -2.47. The molecule has 0 amide bonds. The fourth-order valence-electron chi connectivity index (χ4n) is 6.78. The summed E-state index contributed by atoms with van der Waals surface area (Å²) >= 11 is 0. The minimum Gasteiger partial charge on any atom is -0.469 e. The molecule has 0 saturated heterocycles. The van der Waals surface area contributed by atoms with Crippen molar-refractivity contribution < 1.29 is 22.3 Å². The van der Waals surface area contributed by atoms with Gasteiger partial charge in [-0.05, 0) is 62.6 Å². The van der Waals surface area contributed by atoms with Crippen molar-refractivity contribution in [1.29, 1.82) is 0 Å². The molecule has 1 aromatic carbocycles. The molecule has 0 aliphatic heterocycles. The lowest BCUT2D eigenvalue weighted by Crippen LogP contribution is -2.51. The molecule has 0 spiro atoms. The van der Waals surface area contributed by atoms with Crippen molar-refractivity contribution >= 4 is 43.9 Å². The number of halogens is 1. The van der Waals surface area contributed by atoms with E-state index in [2.05, 4.69) is 15.4 Å². The quantitative estimate of drug-likeness (QED) is 0.279. The standard InChI is InChI=1S/C30H30FN7O4S/c1-16-4-10-20(11-5-16)43(40,41)38-15-23(21-12-19(31)13-32-28(21)38)27-35-26(22-14-33-37(2)29(22)36-27)34-25-18-8-6-17(7-9-18)24(25)30(39)42-3/h4-5,10-15,17-18,24-25H,6-9H2,1-3H3,(H,34,35,36). The molecule has 2 bridgehead atoms. The number of hydrogen-bond acceptors (Lipinski definition) is 9. The average Bonchev–Trinajstić information content (AvgIpc) is 3.58. The van der Waals surface area contributed by atoms with Gasteiger partial charge in [0.15, 0.2) is 17.1 Å². The van der Waals surface area contributed by atoms with Crippen LogP contribution in [0.5, 0.6) is 0 Å². The number of esters is 1. The molecule has 3 aliphatic carbocycles. The summed E-state index contributed by atoms with van der Waals surface area (Å²) in [6.07, 6.45) is 7.98. The number of pyridine rings is 1. The number of carbonyl (C=O) groups excluding carboxylic acids is 1. The minimum absolute atomic E-state index is 0.0514. The number of rotatable bonds is 6. The highest BCUT2D eigenvalue weighted by Crippen LogP contribution is 2.47. The van der Waals surface area contributed by atoms with Gasteiger partial charge in [0.2, 0.25) is 0 Å². The van der Waals surface area contributed by atoms with Gasteiger partial charge in [0.25, 0.3) is 10.0 Å². The number of carbonyl (C=O) groups is 1. The van der Waals surface area contributed by atoms with Crippen LogP contribution in [0.1, 0.15) is 31.2 Å². The lowest BCUT2D eigenvalue weighted by atomic mass is 9.61. The largest absolute Gasteiger partial charge is 0.469 e. The van der Waals surface area contributed by atoms with Crippen LogP contribution >= 0.6 is 0 Å². The Hall–Kier alpha value is -4.39. The van der Waals surface area contributed by atoms with Crippen LogP contribution in [0.15, 0.2) is 53.8 Å². The Morgan fingerprint density at radius 3 is 2.47 bits per heavy atom. The van der Waals surface area contributed by atoms with E-state index < -0.39 is 15.8 Å². The summed E-state index contributed by atoms with van der Waals surface area (Å²) in [5.41, 5.74) is 1.75. The van der Waals surface area contributed by atoms with Crippen LogP contribution in [0.4, 0.5) is 10.2 Å². The van der Waals surface area contributed by atoms with Crippen molar-refractivity contribution in [2.75, 3.05) is 12.4 Å². The number of methoxy groups -OCH3 is 1. The fraction of sp³-hybridized carbons (Fsp3) is 0.367. The van der Waals surface area contributed by atoms with Crippen LogP contribution in [0.25, 0.3) is 33.5 Å². The first-order valence-corrected chi connectivity index (χ1v) is 15.6. The third-order valence-corrected chi connectivity index (χ3v) is 10.6. The number of anilines is 1. The Balaban J connectivity index is 1.39. The minimum atomic E-state index is -4.09. The summed E-state index contributed by atoms with van der Waals surface area (Å²) in [6, 6.07) is 7.50. The number of aryl methyl sites for hydroxylation is 2. The Morgan fingerprint density at radius 2 is 1.74 bits per heavy atom. The molecule has 0 radical (unpaired) electrons. The van der Waals surface area contributed by atoms with Gasteiger partial charge < -0.3 is 10.1 Å². The molecule has 4 aromatic heterocycles. The zero-order valence-electron chi connectivity index (χ0n) is 23.9. The third-order valence-electron chi connectivity index (χ3n) is 8.99. The Kier molecular flexibility index (Phi) is 6.45. The van der Waals surface area contributed by atoms with Gasteiger partial charge in [-0.2, -0.15) is 5.10 Å². The molecule has 2 unspecified atom stereocenters. The Bertz CT molecular complexity index is 2000. The van der Waals surface area contributed by atoms with E-state index in [1.54, 1.807) is 30.1 Å². The molecular weight excluding hydrogens is 573 g/mol. The summed E-state index contributed by atoms with van der Waals surface area (Å²) < 4.78 is 49.9. The summed E-state index contributed by atoms with van der Waals surface area (Å²) in [5.74, 6) is -0.0650. The number of hydrogen-bond donors (Lipinski definition) is 1. The van der Waals surface area contributed by atoms with E-state index in [1.807, 2.05) is 6.92 Å². The number of aromatic nitrogens is 6. The SMILES string of the molecule is COC(=O)C1C2CCC(CC2)C1Nc1nc(-c2cn(S(=O)(=O)c3ccc(C)cc3)c3ncc(F)cc23)nc2c1cnn2C. The first-order chi connectivity index (χ1) is 20.7. The highest BCUT2D eigenvalue weighted by molar-refractivity contribution is 7.90. The van der Waals surface area contributed by atoms with E-state index >= 15 is 0 Å². The molecule has 2 atom stereocenters. The van der Waals surface area contributed by atoms with Crippen molar-refractivity contribution in [1.82, 2.24) is 28.7 Å². The highest BCUT2D eigenvalue weighted by atomic mass is 32.2. The van der Waals surface area contributed by atoms with Crippen LogP contribution in [-0.4, -0.2) is 56.2 Å². The number of ether oxygens (including phenoxy) is 1. The molecule has 13 heteroatoms. The van der Waals surface area contributed by atoms with Gasteiger partial charge in [0.05, 0.1) is 35.7 Å². The first kappa shape index (κ1) is 27.4. The van der Waals surface area contributed by atoms with Gasteiger partial charge in [0, 0.05) is 30.2 Å². The molecule has 5 aromatic rings. The number of nitrogens with zero attached hydrogens (tertiary/aromatic N) is 6. The molecule has 3 saturated carbocycles. The second-order valence-electron chi connectivity index (χ2n) is 11.5. The van der Waals surface area contributed by atoms with E-state index in [1.165, 1.54) is 31.5 Å². The Morgan fingerprint density at radius 1 is 1.02 bits per heavy atom. The van der Waals surface area contributed by atoms with Gasteiger partial charge >= 0.3 is 5.97 Å². The zero-order valence-corrected chi connectivity index (χ0v) is 24.7. The van der Waals surface area contributed by atoms with Gasteiger partial charge in [-0.15, -0.1) is 0 Å². The van der Waals surface area contributed by atoms with E-state index in [0.29, 0.717) is 22.4 Å². The molecule has 3 fully saturated rings. The van der Waals surface area contributed by atoms with E-state index in [9.17, 15) is 17.6 Å². The first-order valence-electron chi connectivity index (χ1n) is 14.2. The molecule has 3 aliphatic rings. The summed E-state index contributed by atoms with van der Waals surface area (Å²) in [5, 5.41) is 8.82. The van der Waals surface area contributed by atoms with Crippen LogP contribution in [-0.2, 0) is 26.6 Å². The number of benzene rings is 1. The maximum atomic E-state index is 14.6. The Labute approximate surface area is 247 Å².